The van der Waals surface area contributed by atoms with Crippen molar-refractivity contribution >= 4 is 29.1 Å². The van der Waals surface area contributed by atoms with Gasteiger partial charge < -0.3 is 14.7 Å². The van der Waals surface area contributed by atoms with Crippen molar-refractivity contribution in [1.29, 1.82) is 0 Å². The fraction of sp³-hybridized carbons (Fsp3) is 0.533. The van der Waals surface area contributed by atoms with E-state index in [0.717, 1.165) is 6.42 Å². The molecule has 0 saturated carbocycles. The highest BCUT2D eigenvalue weighted by Crippen LogP contribution is 2.29. The number of aliphatic hydroxyl groups excluding tert-OH is 1. The van der Waals surface area contributed by atoms with Crippen LogP contribution in [0.25, 0.3) is 0 Å². The van der Waals surface area contributed by atoms with Crippen LogP contribution in [0.2, 0.25) is 10.0 Å². The topological polar surface area (TPSA) is 49.8 Å². The van der Waals surface area contributed by atoms with Gasteiger partial charge in [-0.15, -0.1) is 0 Å². The maximum atomic E-state index is 12.5. The van der Waals surface area contributed by atoms with Crippen LogP contribution in [-0.2, 0) is 4.79 Å². The molecule has 1 aromatic carbocycles. The molecule has 1 aromatic rings. The minimum atomic E-state index is -0.664. The number of carbonyl (C=O) groups excluding carboxylic acids is 1. The molecular weight excluding hydrogens is 313 g/mol. The molecule has 0 aromatic heterocycles. The quantitative estimate of drug-likeness (QED) is 0.922. The average Bonchev–Trinajstić information content (AvgIpc) is 2.81. The van der Waals surface area contributed by atoms with Crippen LogP contribution in [0.15, 0.2) is 18.2 Å². The Kier molecular flexibility index (Phi) is 5.36. The van der Waals surface area contributed by atoms with Gasteiger partial charge in [0.25, 0.3) is 5.91 Å². The number of carbonyl (C=O) groups is 1. The highest BCUT2D eigenvalue weighted by atomic mass is 35.5. The molecule has 1 saturated heterocycles. The van der Waals surface area contributed by atoms with Gasteiger partial charge in [-0.2, -0.15) is 0 Å². The zero-order valence-electron chi connectivity index (χ0n) is 12.1. The third-order valence-corrected chi connectivity index (χ3v) is 4.43. The van der Waals surface area contributed by atoms with E-state index in [1.807, 2.05) is 6.92 Å². The van der Waals surface area contributed by atoms with E-state index in [0.29, 0.717) is 28.3 Å². The Morgan fingerprint density at radius 3 is 2.86 bits per heavy atom. The predicted octanol–water partition coefficient (Wildman–Crippen LogP) is 2.99. The zero-order chi connectivity index (χ0) is 15.6. The molecule has 1 N–H and O–H groups in total. The Morgan fingerprint density at radius 2 is 2.24 bits per heavy atom. The maximum Gasteiger partial charge on any atom is 0.263 e. The van der Waals surface area contributed by atoms with Crippen LogP contribution in [0, 0.1) is 5.92 Å². The monoisotopic (exact) mass is 331 g/mol. The van der Waals surface area contributed by atoms with Crippen LogP contribution < -0.4 is 4.74 Å². The minimum Gasteiger partial charge on any atom is -0.479 e. The van der Waals surface area contributed by atoms with Gasteiger partial charge in [-0.3, -0.25) is 4.79 Å². The summed E-state index contributed by atoms with van der Waals surface area (Å²) in [6.07, 6.45) is 0.230. The highest BCUT2D eigenvalue weighted by Gasteiger charge is 2.36. The van der Waals surface area contributed by atoms with Crippen LogP contribution in [0.1, 0.15) is 20.3 Å². The van der Waals surface area contributed by atoms with Crippen LogP contribution in [0.4, 0.5) is 0 Å². The molecule has 21 heavy (non-hydrogen) atoms. The molecule has 0 bridgehead atoms. The van der Waals surface area contributed by atoms with E-state index in [1.54, 1.807) is 30.0 Å². The Balaban J connectivity index is 2.06. The summed E-state index contributed by atoms with van der Waals surface area (Å²) in [7, 11) is 0. The molecule has 4 nitrogen and oxygen atoms in total. The molecule has 3 atom stereocenters. The number of aliphatic hydroxyl groups is 1. The molecule has 2 rings (SSSR count). The largest absolute Gasteiger partial charge is 0.479 e. The van der Waals surface area contributed by atoms with E-state index in [9.17, 15) is 9.90 Å². The van der Waals surface area contributed by atoms with Crippen molar-refractivity contribution in [3.8, 4) is 5.75 Å². The van der Waals surface area contributed by atoms with Crippen LogP contribution in [-0.4, -0.2) is 41.2 Å². The van der Waals surface area contributed by atoms with Crippen molar-refractivity contribution in [3.63, 3.8) is 0 Å². The van der Waals surface area contributed by atoms with E-state index < -0.39 is 6.10 Å². The van der Waals surface area contributed by atoms with Gasteiger partial charge in [-0.25, -0.2) is 0 Å². The van der Waals surface area contributed by atoms with Gasteiger partial charge in [0.05, 0.1) is 17.7 Å². The lowest BCUT2D eigenvalue weighted by molar-refractivity contribution is -0.139. The molecule has 6 heteroatoms. The van der Waals surface area contributed by atoms with Crippen molar-refractivity contribution < 1.29 is 14.6 Å². The SMILES string of the molecule is CC(Oc1ccc(Cl)cc1Cl)C(=O)N1CCC(C)C1CO. The maximum absolute atomic E-state index is 12.5. The summed E-state index contributed by atoms with van der Waals surface area (Å²) in [6.45, 7) is 4.34. The molecule has 0 spiro atoms. The van der Waals surface area contributed by atoms with Gasteiger partial charge in [0.15, 0.2) is 6.10 Å². The summed E-state index contributed by atoms with van der Waals surface area (Å²) in [5.74, 6) is 0.587. The Morgan fingerprint density at radius 1 is 1.52 bits per heavy atom. The minimum absolute atomic E-state index is 0.0265. The van der Waals surface area contributed by atoms with Crippen LogP contribution in [0.5, 0.6) is 5.75 Å². The molecule has 1 aliphatic rings. The van der Waals surface area contributed by atoms with Crippen molar-refractivity contribution in [2.45, 2.75) is 32.4 Å². The summed E-state index contributed by atoms with van der Waals surface area (Å²) in [6, 6.07) is 4.74. The summed E-state index contributed by atoms with van der Waals surface area (Å²) < 4.78 is 5.64. The number of amides is 1. The van der Waals surface area contributed by atoms with E-state index in [-0.39, 0.29) is 18.6 Å². The number of rotatable bonds is 4. The number of benzene rings is 1. The molecule has 1 heterocycles. The number of nitrogens with zero attached hydrogens (tertiary/aromatic N) is 1. The summed E-state index contributed by atoms with van der Waals surface area (Å²) >= 11 is 11.9. The number of halogens is 2. The molecule has 1 fully saturated rings. The second-order valence-corrected chi connectivity index (χ2v) is 6.23. The summed E-state index contributed by atoms with van der Waals surface area (Å²) in [5, 5.41) is 10.3. The van der Waals surface area contributed by atoms with E-state index >= 15 is 0 Å². The van der Waals surface area contributed by atoms with Crippen molar-refractivity contribution in [1.82, 2.24) is 4.90 Å². The van der Waals surface area contributed by atoms with Gasteiger partial charge in [-0.1, -0.05) is 30.1 Å². The van der Waals surface area contributed by atoms with Gasteiger partial charge in [-0.05, 0) is 37.5 Å². The van der Waals surface area contributed by atoms with Crippen molar-refractivity contribution in [2.75, 3.05) is 13.2 Å². The van der Waals surface area contributed by atoms with Crippen molar-refractivity contribution in [2.24, 2.45) is 5.92 Å². The second-order valence-electron chi connectivity index (χ2n) is 5.38. The van der Waals surface area contributed by atoms with Crippen molar-refractivity contribution in [3.05, 3.63) is 28.2 Å². The Labute approximate surface area is 134 Å². The first-order valence-electron chi connectivity index (χ1n) is 6.97. The number of hydrogen-bond donors (Lipinski definition) is 1. The number of ether oxygens (including phenoxy) is 1. The fourth-order valence-electron chi connectivity index (χ4n) is 2.61. The average molecular weight is 332 g/mol. The van der Waals surface area contributed by atoms with Crippen LogP contribution in [0.3, 0.4) is 0 Å². The van der Waals surface area contributed by atoms with Gasteiger partial charge in [0, 0.05) is 11.6 Å². The molecule has 1 amide bonds. The highest BCUT2D eigenvalue weighted by molar-refractivity contribution is 6.35. The van der Waals surface area contributed by atoms with Crippen LogP contribution >= 0.6 is 23.2 Å². The van der Waals surface area contributed by atoms with Gasteiger partial charge in [0.2, 0.25) is 0 Å². The fourth-order valence-corrected chi connectivity index (χ4v) is 3.06. The third-order valence-electron chi connectivity index (χ3n) is 3.90. The van der Waals surface area contributed by atoms with Gasteiger partial charge >= 0.3 is 0 Å². The summed E-state index contributed by atoms with van der Waals surface area (Å²) in [5.41, 5.74) is 0. The third kappa shape index (κ3) is 3.62. The molecule has 3 unspecified atom stereocenters. The first-order valence-corrected chi connectivity index (χ1v) is 7.72. The lowest BCUT2D eigenvalue weighted by Crippen LogP contribution is -2.45. The van der Waals surface area contributed by atoms with E-state index in [1.165, 1.54) is 0 Å². The lowest BCUT2D eigenvalue weighted by atomic mass is 10.0. The first kappa shape index (κ1) is 16.4. The molecule has 1 aliphatic heterocycles. The lowest BCUT2D eigenvalue weighted by Gasteiger charge is -2.28. The van der Waals surface area contributed by atoms with E-state index in [2.05, 4.69) is 0 Å². The second kappa shape index (κ2) is 6.86. The molecule has 0 radical (unpaired) electrons. The molecule has 0 aliphatic carbocycles. The molecular formula is C15H19Cl2NO3. The predicted molar refractivity (Wildman–Crippen MR) is 82.9 cm³/mol. The number of hydrogen-bond acceptors (Lipinski definition) is 3. The van der Waals surface area contributed by atoms with Gasteiger partial charge in [0.1, 0.15) is 5.75 Å². The smallest absolute Gasteiger partial charge is 0.263 e. The Bertz CT molecular complexity index is 524. The van der Waals surface area contributed by atoms with E-state index in [4.69, 9.17) is 27.9 Å². The number of likely N-dealkylation sites (tertiary alicyclic amines) is 1. The standard InChI is InChI=1S/C15H19Cl2NO3/c1-9-5-6-18(13(9)8-19)15(20)10(2)21-14-4-3-11(16)7-12(14)17/h3-4,7,9-10,13,19H,5-6,8H2,1-2H3. The normalized spacial score (nSPS) is 23.2. The zero-order valence-corrected chi connectivity index (χ0v) is 13.6. The summed E-state index contributed by atoms with van der Waals surface area (Å²) in [4.78, 5) is 14.2. The molecule has 116 valence electrons. The Hall–Kier alpha value is -0.970. The first-order chi connectivity index (χ1) is 9.93.